The Hall–Kier alpha value is -3.29. The van der Waals surface area contributed by atoms with E-state index >= 15 is 0 Å². The molecule has 2 aromatic heterocycles. The molecule has 0 radical (unpaired) electrons. The second-order valence-corrected chi connectivity index (χ2v) is 5.56. The monoisotopic (exact) mass is 339 g/mol. The summed E-state index contributed by atoms with van der Waals surface area (Å²) in [6.45, 7) is 1.84. The normalized spacial score (nSPS) is 11.8. The van der Waals surface area contributed by atoms with Crippen molar-refractivity contribution in [1.29, 1.82) is 5.41 Å². The molecule has 0 aliphatic heterocycles. The lowest BCUT2D eigenvalue weighted by molar-refractivity contribution is 0.600. The highest BCUT2D eigenvalue weighted by Gasteiger charge is 2.14. The van der Waals surface area contributed by atoms with Crippen molar-refractivity contribution in [2.75, 3.05) is 10.6 Å². The van der Waals surface area contributed by atoms with Gasteiger partial charge in [-0.25, -0.2) is 9.37 Å². The Bertz CT molecular complexity index is 890. The van der Waals surface area contributed by atoms with Gasteiger partial charge in [-0.3, -0.25) is 4.68 Å². The van der Waals surface area contributed by atoms with Gasteiger partial charge < -0.3 is 16.0 Å². The molecule has 0 fully saturated rings. The predicted molar refractivity (Wildman–Crippen MR) is 94.8 cm³/mol. The van der Waals surface area contributed by atoms with Crippen molar-refractivity contribution in [3.63, 3.8) is 0 Å². The third kappa shape index (κ3) is 3.79. The van der Waals surface area contributed by atoms with Crippen LogP contribution >= 0.6 is 0 Å². The van der Waals surface area contributed by atoms with Crippen LogP contribution in [0.2, 0.25) is 0 Å². The number of nitrogens with one attached hydrogen (secondary N) is 3. The molecule has 8 heteroatoms. The molecule has 25 heavy (non-hydrogen) atoms. The highest BCUT2D eigenvalue weighted by Crippen LogP contribution is 2.23. The zero-order valence-corrected chi connectivity index (χ0v) is 13.9. The Morgan fingerprint density at radius 3 is 2.76 bits per heavy atom. The van der Waals surface area contributed by atoms with E-state index in [0.717, 1.165) is 11.9 Å². The van der Waals surface area contributed by atoms with Crippen molar-refractivity contribution >= 4 is 23.7 Å². The van der Waals surface area contributed by atoms with Crippen LogP contribution in [-0.2, 0) is 7.05 Å². The van der Waals surface area contributed by atoms with Gasteiger partial charge in [-0.15, -0.1) is 0 Å². The number of hydrogen-bond donors (Lipinski definition) is 3. The molecule has 128 valence electrons. The maximum atomic E-state index is 14.0. The topological polar surface area (TPSA) is 91.5 Å². The van der Waals surface area contributed by atoms with Gasteiger partial charge in [-0.2, -0.15) is 10.1 Å². The van der Waals surface area contributed by atoms with E-state index in [1.54, 1.807) is 35.3 Å². The minimum atomic E-state index is -0.318. The summed E-state index contributed by atoms with van der Waals surface area (Å²) in [7, 11) is 1.81. The molecule has 0 saturated heterocycles. The lowest BCUT2D eigenvalue weighted by Gasteiger charge is -2.17. The molecule has 1 atom stereocenters. The highest BCUT2D eigenvalue weighted by molar-refractivity contribution is 5.84. The van der Waals surface area contributed by atoms with Crippen LogP contribution < -0.4 is 10.6 Å². The number of anilines is 3. The molecule has 0 spiro atoms. The van der Waals surface area contributed by atoms with E-state index in [1.807, 2.05) is 14.0 Å². The van der Waals surface area contributed by atoms with Gasteiger partial charge in [0.15, 0.2) is 0 Å². The molecular weight excluding hydrogens is 321 g/mol. The summed E-state index contributed by atoms with van der Waals surface area (Å²) in [5.74, 6) is 0.524. The zero-order chi connectivity index (χ0) is 17.8. The Morgan fingerprint density at radius 2 is 2.08 bits per heavy atom. The first-order valence-electron chi connectivity index (χ1n) is 7.71. The van der Waals surface area contributed by atoms with Gasteiger partial charge in [0.1, 0.15) is 11.6 Å². The molecule has 0 aliphatic rings. The SMILES string of the molecule is CC(Nc1nc(Nc2cnn(C)c2)ncc1C=N)c1ccccc1F. The molecule has 0 saturated carbocycles. The maximum Gasteiger partial charge on any atom is 0.229 e. The first-order valence-corrected chi connectivity index (χ1v) is 7.71. The minimum absolute atomic E-state index is 0.290. The van der Waals surface area contributed by atoms with Crippen molar-refractivity contribution in [1.82, 2.24) is 19.7 Å². The van der Waals surface area contributed by atoms with Crippen LogP contribution in [0.15, 0.2) is 42.9 Å². The standard InChI is InChI=1S/C17H18FN7/c1-11(14-5-3-4-6-15(14)18)22-16-12(7-19)8-20-17(24-16)23-13-9-21-25(2)10-13/h3-11,19H,1-2H3,(H2,20,22,23,24). The number of nitrogens with zero attached hydrogens (tertiary/aromatic N) is 4. The molecule has 3 aromatic rings. The maximum absolute atomic E-state index is 14.0. The fraction of sp³-hybridized carbons (Fsp3) is 0.176. The van der Waals surface area contributed by atoms with Crippen molar-refractivity contribution in [3.8, 4) is 0 Å². The smallest absolute Gasteiger partial charge is 0.229 e. The fourth-order valence-corrected chi connectivity index (χ4v) is 2.40. The summed E-state index contributed by atoms with van der Waals surface area (Å²) in [6, 6.07) is 6.24. The second-order valence-electron chi connectivity index (χ2n) is 5.56. The Kier molecular flexibility index (Phi) is 4.69. The van der Waals surface area contributed by atoms with Gasteiger partial charge in [-0.1, -0.05) is 18.2 Å². The molecule has 0 amide bonds. The molecule has 3 rings (SSSR count). The molecule has 1 aromatic carbocycles. The lowest BCUT2D eigenvalue weighted by atomic mass is 10.1. The first kappa shape index (κ1) is 16.6. The number of rotatable bonds is 6. The Balaban J connectivity index is 1.85. The molecule has 2 heterocycles. The Labute approximate surface area is 144 Å². The van der Waals surface area contributed by atoms with E-state index in [-0.39, 0.29) is 11.9 Å². The summed E-state index contributed by atoms with van der Waals surface area (Å²) in [5.41, 5.74) is 1.79. The third-order valence-corrected chi connectivity index (χ3v) is 3.66. The summed E-state index contributed by atoms with van der Waals surface area (Å²) in [4.78, 5) is 8.59. The van der Waals surface area contributed by atoms with Gasteiger partial charge in [0, 0.05) is 31.2 Å². The average molecular weight is 339 g/mol. The van der Waals surface area contributed by atoms with Crippen molar-refractivity contribution < 1.29 is 4.39 Å². The Morgan fingerprint density at radius 1 is 1.28 bits per heavy atom. The van der Waals surface area contributed by atoms with E-state index in [1.165, 1.54) is 12.3 Å². The zero-order valence-electron chi connectivity index (χ0n) is 13.9. The number of halogens is 1. The molecule has 7 nitrogen and oxygen atoms in total. The van der Waals surface area contributed by atoms with Crippen molar-refractivity contribution in [2.45, 2.75) is 13.0 Å². The summed E-state index contributed by atoms with van der Waals surface area (Å²) >= 11 is 0. The van der Waals surface area contributed by atoms with Gasteiger partial charge in [-0.05, 0) is 13.0 Å². The van der Waals surface area contributed by atoms with E-state index in [2.05, 4.69) is 25.7 Å². The molecule has 3 N–H and O–H groups in total. The summed E-state index contributed by atoms with van der Waals surface area (Å²) < 4.78 is 15.6. The number of aryl methyl sites for hydroxylation is 1. The van der Waals surface area contributed by atoms with Crippen LogP contribution in [0, 0.1) is 11.2 Å². The van der Waals surface area contributed by atoms with E-state index < -0.39 is 0 Å². The van der Waals surface area contributed by atoms with Crippen molar-refractivity contribution in [2.24, 2.45) is 7.05 Å². The fourth-order valence-electron chi connectivity index (χ4n) is 2.40. The van der Waals surface area contributed by atoms with Crippen molar-refractivity contribution in [3.05, 3.63) is 59.8 Å². The molecule has 0 bridgehead atoms. The van der Waals surface area contributed by atoms with E-state index in [0.29, 0.717) is 22.9 Å². The second kappa shape index (κ2) is 7.08. The van der Waals surface area contributed by atoms with Gasteiger partial charge in [0.25, 0.3) is 0 Å². The largest absolute Gasteiger partial charge is 0.363 e. The van der Waals surface area contributed by atoms with E-state index in [9.17, 15) is 4.39 Å². The van der Waals surface area contributed by atoms with Crippen LogP contribution in [0.1, 0.15) is 24.1 Å². The number of hydrogen-bond acceptors (Lipinski definition) is 6. The lowest BCUT2D eigenvalue weighted by Crippen LogP contribution is -2.12. The minimum Gasteiger partial charge on any atom is -0.363 e. The molecule has 1 unspecified atom stereocenters. The first-order chi connectivity index (χ1) is 12.1. The van der Waals surface area contributed by atoms with Crippen LogP contribution in [0.25, 0.3) is 0 Å². The number of aromatic nitrogens is 4. The summed E-state index contributed by atoms with van der Waals surface area (Å²) in [5, 5.41) is 17.8. The van der Waals surface area contributed by atoms with Gasteiger partial charge in [0.05, 0.1) is 23.5 Å². The van der Waals surface area contributed by atoms with E-state index in [4.69, 9.17) is 5.41 Å². The number of benzene rings is 1. The molecular formula is C17H18FN7. The van der Waals surface area contributed by atoms with Crippen LogP contribution in [0.5, 0.6) is 0 Å². The van der Waals surface area contributed by atoms with Gasteiger partial charge >= 0.3 is 0 Å². The third-order valence-electron chi connectivity index (χ3n) is 3.66. The highest BCUT2D eigenvalue weighted by atomic mass is 19.1. The quantitative estimate of drug-likeness (QED) is 0.600. The molecule has 0 aliphatic carbocycles. The van der Waals surface area contributed by atoms with Crippen LogP contribution in [0.4, 0.5) is 21.8 Å². The van der Waals surface area contributed by atoms with Crippen LogP contribution in [0.3, 0.4) is 0 Å². The predicted octanol–water partition coefficient (Wildman–Crippen LogP) is 3.26. The summed E-state index contributed by atoms with van der Waals surface area (Å²) in [6.07, 6.45) is 6.14. The van der Waals surface area contributed by atoms with Gasteiger partial charge in [0.2, 0.25) is 5.95 Å². The average Bonchev–Trinajstić information content (AvgIpc) is 3.00. The van der Waals surface area contributed by atoms with Crippen LogP contribution in [-0.4, -0.2) is 26.0 Å².